The van der Waals surface area contributed by atoms with Gasteiger partial charge in [-0.05, 0) is 26.3 Å². The molecule has 5 nitrogen and oxygen atoms in total. The van der Waals surface area contributed by atoms with Gasteiger partial charge in [-0.1, -0.05) is 6.42 Å². The maximum Gasteiger partial charge on any atom is 0.242 e. The number of unbranched alkanes of at least 4 members (excludes halogenated alkanes) is 2. The summed E-state index contributed by atoms with van der Waals surface area (Å²) in [6.07, 6.45) is 2.94. The predicted octanol–water partition coefficient (Wildman–Crippen LogP) is -0.194. The van der Waals surface area contributed by atoms with E-state index in [0.29, 0.717) is 19.6 Å². The van der Waals surface area contributed by atoms with E-state index in [-0.39, 0.29) is 24.9 Å². The van der Waals surface area contributed by atoms with Crippen molar-refractivity contribution in [3.8, 4) is 0 Å². The van der Waals surface area contributed by atoms with Crippen molar-refractivity contribution in [2.75, 3.05) is 32.7 Å². The van der Waals surface area contributed by atoms with Crippen LogP contribution in [0.3, 0.4) is 0 Å². The molecule has 2 N–H and O–H groups in total. The lowest BCUT2D eigenvalue weighted by Gasteiger charge is -2.33. The van der Waals surface area contributed by atoms with Crippen LogP contribution in [0, 0.1) is 0 Å². The fourth-order valence-electron chi connectivity index (χ4n) is 1.82. The highest BCUT2D eigenvalue weighted by Crippen LogP contribution is 2.06. The largest absolute Gasteiger partial charge is 0.332 e. The van der Waals surface area contributed by atoms with Gasteiger partial charge in [-0.3, -0.25) is 9.59 Å². The molecule has 0 aromatic rings. The van der Waals surface area contributed by atoms with E-state index in [9.17, 15) is 9.59 Å². The molecule has 1 aliphatic rings. The monoisotopic (exact) mass is 227 g/mol. The number of piperazine rings is 1. The van der Waals surface area contributed by atoms with E-state index < -0.39 is 0 Å². The highest BCUT2D eigenvalue weighted by molar-refractivity contribution is 5.92. The van der Waals surface area contributed by atoms with Crippen LogP contribution in [0.15, 0.2) is 0 Å². The Balaban J connectivity index is 2.32. The molecule has 0 saturated carbocycles. The third kappa shape index (κ3) is 3.48. The molecule has 1 heterocycles. The van der Waals surface area contributed by atoms with Crippen LogP contribution in [-0.2, 0) is 9.59 Å². The summed E-state index contributed by atoms with van der Waals surface area (Å²) in [6, 6.07) is 0. The molecule has 0 radical (unpaired) electrons. The molecule has 2 amide bonds. The van der Waals surface area contributed by atoms with E-state index in [1.54, 1.807) is 9.80 Å². The normalized spacial score (nSPS) is 17.1. The lowest BCUT2D eigenvalue weighted by atomic mass is 10.2. The number of carbonyl (C=O) groups excluding carboxylic acids is 2. The van der Waals surface area contributed by atoms with Crippen molar-refractivity contribution in [3.05, 3.63) is 0 Å². The summed E-state index contributed by atoms with van der Waals surface area (Å²) in [5.74, 6) is 0.120. The van der Waals surface area contributed by atoms with Crippen LogP contribution in [0.5, 0.6) is 0 Å². The lowest BCUT2D eigenvalue weighted by molar-refractivity contribution is -0.149. The van der Waals surface area contributed by atoms with Gasteiger partial charge < -0.3 is 15.5 Å². The highest BCUT2D eigenvalue weighted by Gasteiger charge is 2.27. The number of rotatable bonds is 6. The van der Waals surface area contributed by atoms with E-state index in [2.05, 4.69) is 0 Å². The zero-order valence-electron chi connectivity index (χ0n) is 9.95. The maximum atomic E-state index is 11.7. The van der Waals surface area contributed by atoms with E-state index in [1.807, 2.05) is 6.92 Å². The minimum atomic E-state index is 0.0564. The van der Waals surface area contributed by atoms with Gasteiger partial charge in [-0.2, -0.15) is 0 Å². The molecular formula is C11H21N3O2. The molecule has 0 aromatic carbocycles. The van der Waals surface area contributed by atoms with Gasteiger partial charge in [-0.25, -0.2) is 0 Å². The van der Waals surface area contributed by atoms with Gasteiger partial charge in [0.25, 0.3) is 0 Å². The Morgan fingerprint density at radius 2 is 1.69 bits per heavy atom. The van der Waals surface area contributed by atoms with Crippen LogP contribution in [0.1, 0.15) is 26.2 Å². The lowest BCUT2D eigenvalue weighted by Crippen LogP contribution is -2.53. The number of nitrogens with zero attached hydrogens (tertiary/aromatic N) is 2. The molecule has 0 aromatic heterocycles. The third-order valence-corrected chi connectivity index (χ3v) is 2.87. The Labute approximate surface area is 96.6 Å². The Morgan fingerprint density at radius 3 is 2.31 bits per heavy atom. The summed E-state index contributed by atoms with van der Waals surface area (Å²) in [5.41, 5.74) is 5.39. The first-order valence-corrected chi connectivity index (χ1v) is 5.94. The molecule has 0 atom stereocenters. The van der Waals surface area contributed by atoms with Crippen LogP contribution in [0.25, 0.3) is 0 Å². The van der Waals surface area contributed by atoms with E-state index in [4.69, 9.17) is 5.73 Å². The summed E-state index contributed by atoms with van der Waals surface area (Å²) in [4.78, 5) is 26.5. The van der Waals surface area contributed by atoms with Gasteiger partial charge in [0.05, 0.1) is 13.1 Å². The van der Waals surface area contributed by atoms with Gasteiger partial charge >= 0.3 is 0 Å². The molecule has 1 saturated heterocycles. The van der Waals surface area contributed by atoms with Gasteiger partial charge in [0, 0.05) is 13.1 Å². The first-order chi connectivity index (χ1) is 7.69. The molecule has 1 fully saturated rings. The third-order valence-electron chi connectivity index (χ3n) is 2.87. The Hall–Kier alpha value is -1.10. The molecule has 0 unspecified atom stereocenters. The first kappa shape index (κ1) is 13.0. The van der Waals surface area contributed by atoms with Crippen LogP contribution in [0.4, 0.5) is 0 Å². The predicted molar refractivity (Wildman–Crippen MR) is 61.7 cm³/mol. The number of amides is 2. The Bertz CT molecular complexity index is 256. The molecule has 16 heavy (non-hydrogen) atoms. The molecule has 1 aliphatic heterocycles. The van der Waals surface area contributed by atoms with Crippen molar-refractivity contribution in [1.82, 2.24) is 9.80 Å². The van der Waals surface area contributed by atoms with Gasteiger partial charge in [0.2, 0.25) is 11.8 Å². The van der Waals surface area contributed by atoms with Crippen LogP contribution in [-0.4, -0.2) is 54.3 Å². The van der Waals surface area contributed by atoms with Gasteiger partial charge in [-0.15, -0.1) is 0 Å². The second kappa shape index (κ2) is 6.48. The zero-order chi connectivity index (χ0) is 12.0. The second-order valence-electron chi connectivity index (χ2n) is 4.07. The maximum absolute atomic E-state index is 11.7. The molecule has 92 valence electrons. The second-order valence-corrected chi connectivity index (χ2v) is 4.07. The number of carbonyl (C=O) groups is 2. The zero-order valence-corrected chi connectivity index (χ0v) is 9.95. The van der Waals surface area contributed by atoms with Crippen molar-refractivity contribution < 1.29 is 9.59 Å². The fourth-order valence-corrected chi connectivity index (χ4v) is 1.82. The first-order valence-electron chi connectivity index (χ1n) is 5.94. The highest BCUT2D eigenvalue weighted by atomic mass is 16.2. The average molecular weight is 227 g/mol. The minimum absolute atomic E-state index is 0.0564. The quantitative estimate of drug-likeness (QED) is 0.639. The molecule has 0 bridgehead atoms. The fraction of sp³-hybridized carbons (Fsp3) is 0.818. The van der Waals surface area contributed by atoms with Crippen molar-refractivity contribution >= 4 is 11.8 Å². The molecule has 5 heteroatoms. The van der Waals surface area contributed by atoms with Crippen molar-refractivity contribution in [1.29, 1.82) is 0 Å². The Kier molecular flexibility index (Phi) is 5.25. The molecule has 0 spiro atoms. The van der Waals surface area contributed by atoms with E-state index in [1.165, 1.54) is 0 Å². The molecule has 1 rings (SSSR count). The number of hydrogen-bond donors (Lipinski definition) is 1. The number of nitrogens with two attached hydrogens (primary N) is 1. The summed E-state index contributed by atoms with van der Waals surface area (Å²) in [5, 5.41) is 0. The van der Waals surface area contributed by atoms with Gasteiger partial charge in [0.15, 0.2) is 0 Å². The topological polar surface area (TPSA) is 66.6 Å². The van der Waals surface area contributed by atoms with E-state index in [0.717, 1.165) is 19.3 Å². The smallest absolute Gasteiger partial charge is 0.242 e. The van der Waals surface area contributed by atoms with Crippen molar-refractivity contribution in [3.63, 3.8) is 0 Å². The summed E-state index contributed by atoms with van der Waals surface area (Å²) < 4.78 is 0. The molecular weight excluding hydrogens is 206 g/mol. The summed E-state index contributed by atoms with van der Waals surface area (Å²) >= 11 is 0. The van der Waals surface area contributed by atoms with E-state index >= 15 is 0 Å². The SMILES string of the molecule is CCN1CC(=O)N(CCCCCN)CC1=O. The summed E-state index contributed by atoms with van der Waals surface area (Å²) in [6.45, 7) is 4.37. The van der Waals surface area contributed by atoms with Gasteiger partial charge in [0.1, 0.15) is 0 Å². The number of likely N-dealkylation sites (N-methyl/N-ethyl adjacent to an activating group) is 1. The summed E-state index contributed by atoms with van der Waals surface area (Å²) in [7, 11) is 0. The van der Waals surface area contributed by atoms with Crippen molar-refractivity contribution in [2.24, 2.45) is 5.73 Å². The van der Waals surface area contributed by atoms with Crippen LogP contribution < -0.4 is 5.73 Å². The number of hydrogen-bond acceptors (Lipinski definition) is 3. The standard InChI is InChI=1S/C11H21N3O2/c1-2-13-8-11(16)14(9-10(13)15)7-5-3-4-6-12/h2-9,12H2,1H3. The van der Waals surface area contributed by atoms with Crippen LogP contribution in [0.2, 0.25) is 0 Å². The average Bonchev–Trinajstić information content (AvgIpc) is 2.28. The minimum Gasteiger partial charge on any atom is -0.332 e. The van der Waals surface area contributed by atoms with Crippen LogP contribution >= 0.6 is 0 Å². The molecule has 0 aliphatic carbocycles. The Morgan fingerprint density at radius 1 is 1.06 bits per heavy atom. The van der Waals surface area contributed by atoms with Crippen molar-refractivity contribution in [2.45, 2.75) is 26.2 Å².